The first kappa shape index (κ1) is 8.32. The van der Waals surface area contributed by atoms with Crippen molar-refractivity contribution >= 4 is 0 Å². The van der Waals surface area contributed by atoms with E-state index in [1.54, 1.807) is 6.42 Å². The van der Waals surface area contributed by atoms with Gasteiger partial charge in [-0.2, -0.15) is 0 Å². The highest BCUT2D eigenvalue weighted by molar-refractivity contribution is 5.17. The van der Waals surface area contributed by atoms with E-state index in [1.807, 2.05) is 0 Å². The Morgan fingerprint density at radius 3 is 2.23 bits per heavy atom. The fourth-order valence-electron chi connectivity index (χ4n) is 5.21. The highest BCUT2D eigenvalue weighted by atomic mass is 14.7. The molecule has 3 saturated carbocycles. The number of fused-ring (bicyclic) bond motifs is 4. The lowest BCUT2D eigenvalue weighted by Gasteiger charge is -2.75. The normalized spacial score (nSPS) is 63.0. The van der Waals surface area contributed by atoms with Crippen LogP contribution in [0.25, 0.3) is 0 Å². The molecule has 3 rings (SSSR count). The molecule has 0 heterocycles. The first-order valence-electron chi connectivity index (χ1n) is 6.13. The summed E-state index contributed by atoms with van der Waals surface area (Å²) >= 11 is 0. The van der Waals surface area contributed by atoms with E-state index in [1.165, 1.54) is 5.92 Å². The third-order valence-corrected chi connectivity index (χ3v) is 5.61. The van der Waals surface area contributed by atoms with E-state index in [0.717, 1.165) is 41.4 Å². The molecule has 3 aliphatic carbocycles. The molecule has 13 heavy (non-hydrogen) atoms. The van der Waals surface area contributed by atoms with Gasteiger partial charge in [0.15, 0.2) is 0 Å². The Hall–Kier alpha value is 0. The van der Waals surface area contributed by atoms with Crippen LogP contribution in [0.4, 0.5) is 0 Å². The molecule has 0 nitrogen and oxygen atoms in total. The Kier molecular flexibility index (Phi) is 1.49. The molecule has 0 aliphatic heterocycles. The van der Waals surface area contributed by atoms with Crippen molar-refractivity contribution in [3.05, 3.63) is 0 Å². The summed E-state index contributed by atoms with van der Waals surface area (Å²) in [6.07, 6.45) is 1.56. The van der Waals surface area contributed by atoms with Gasteiger partial charge in [0.2, 0.25) is 0 Å². The Morgan fingerprint density at radius 2 is 1.69 bits per heavy atom. The Balaban J connectivity index is 1.76. The van der Waals surface area contributed by atoms with E-state index in [2.05, 4.69) is 27.7 Å². The van der Waals surface area contributed by atoms with E-state index >= 15 is 0 Å². The summed E-state index contributed by atoms with van der Waals surface area (Å²) in [5, 5.41) is 0. The first-order chi connectivity index (χ1) is 6.13. The van der Waals surface area contributed by atoms with Gasteiger partial charge in [-0.15, -0.1) is 0 Å². The van der Waals surface area contributed by atoms with Crippen LogP contribution >= 0.6 is 0 Å². The van der Waals surface area contributed by atoms with Crippen LogP contribution in [0, 0.1) is 47.3 Å². The minimum absolute atomic E-state index is 0.935. The van der Waals surface area contributed by atoms with Crippen LogP contribution in [0.15, 0.2) is 0 Å². The standard InChI is InChI=1S/C13H22/c1-6(2)10-8(4)12-9-5-7(3)11(9)13(10)12/h6-13H,5H2,1-4H3. The smallest absolute Gasteiger partial charge is 0.0313 e. The number of rotatable bonds is 1. The Labute approximate surface area is 82.1 Å². The zero-order chi connectivity index (χ0) is 9.33. The Bertz CT molecular complexity index is 224. The fraction of sp³-hybridized carbons (Fsp3) is 1.00. The maximum absolute atomic E-state index is 2.50. The predicted molar refractivity (Wildman–Crippen MR) is 55.2 cm³/mol. The molecule has 0 aromatic rings. The first-order valence-corrected chi connectivity index (χ1v) is 6.13. The zero-order valence-electron chi connectivity index (χ0n) is 9.33. The summed E-state index contributed by atoms with van der Waals surface area (Å²) in [5.41, 5.74) is 0. The van der Waals surface area contributed by atoms with Gasteiger partial charge >= 0.3 is 0 Å². The molecule has 3 fully saturated rings. The molecular formula is C13H22. The van der Waals surface area contributed by atoms with Crippen molar-refractivity contribution in [2.24, 2.45) is 47.3 Å². The van der Waals surface area contributed by atoms with E-state index in [0.29, 0.717) is 0 Å². The molecule has 74 valence electrons. The highest BCUT2D eigenvalue weighted by Crippen LogP contribution is 2.74. The molecule has 0 amide bonds. The summed E-state index contributed by atoms with van der Waals surface area (Å²) < 4.78 is 0. The molecule has 0 aromatic heterocycles. The van der Waals surface area contributed by atoms with Crippen molar-refractivity contribution in [3.63, 3.8) is 0 Å². The number of hydrogen-bond acceptors (Lipinski definition) is 0. The molecule has 0 aromatic carbocycles. The van der Waals surface area contributed by atoms with Gasteiger partial charge in [-0.25, -0.2) is 0 Å². The third kappa shape index (κ3) is 0.750. The summed E-state index contributed by atoms with van der Waals surface area (Å²) in [6.45, 7) is 9.82. The maximum Gasteiger partial charge on any atom is -0.0313 e. The molecule has 0 heteroatoms. The van der Waals surface area contributed by atoms with Crippen molar-refractivity contribution in [3.8, 4) is 0 Å². The predicted octanol–water partition coefficient (Wildman–Crippen LogP) is 3.43. The molecule has 7 atom stereocenters. The van der Waals surface area contributed by atoms with Gasteiger partial charge in [-0.05, 0) is 53.8 Å². The van der Waals surface area contributed by atoms with Crippen LogP contribution in [0.5, 0.6) is 0 Å². The molecular weight excluding hydrogens is 156 g/mol. The lowest BCUT2D eigenvalue weighted by molar-refractivity contribution is -0.279. The van der Waals surface area contributed by atoms with Crippen molar-refractivity contribution in [2.75, 3.05) is 0 Å². The largest absolute Gasteiger partial charge is 0.0625 e. The van der Waals surface area contributed by atoms with Crippen LogP contribution in [0.3, 0.4) is 0 Å². The van der Waals surface area contributed by atoms with Crippen molar-refractivity contribution < 1.29 is 0 Å². The molecule has 0 radical (unpaired) electrons. The van der Waals surface area contributed by atoms with Gasteiger partial charge < -0.3 is 0 Å². The summed E-state index contributed by atoms with van der Waals surface area (Å²) in [6, 6.07) is 0. The minimum Gasteiger partial charge on any atom is -0.0625 e. The average molecular weight is 178 g/mol. The van der Waals surface area contributed by atoms with Crippen molar-refractivity contribution in [1.82, 2.24) is 0 Å². The quantitative estimate of drug-likeness (QED) is 0.577. The fourth-order valence-corrected chi connectivity index (χ4v) is 5.21. The third-order valence-electron chi connectivity index (χ3n) is 5.61. The molecule has 3 aliphatic rings. The van der Waals surface area contributed by atoms with Gasteiger partial charge in [0.25, 0.3) is 0 Å². The average Bonchev–Trinajstić information content (AvgIpc) is 2.00. The van der Waals surface area contributed by atoms with Gasteiger partial charge in [0.05, 0.1) is 0 Å². The topological polar surface area (TPSA) is 0 Å². The monoisotopic (exact) mass is 178 g/mol. The van der Waals surface area contributed by atoms with Crippen molar-refractivity contribution in [1.29, 1.82) is 0 Å². The van der Waals surface area contributed by atoms with Crippen LogP contribution in [-0.4, -0.2) is 0 Å². The highest BCUT2D eigenvalue weighted by Gasteiger charge is 2.69. The second-order valence-corrected chi connectivity index (χ2v) is 6.29. The second-order valence-electron chi connectivity index (χ2n) is 6.29. The van der Waals surface area contributed by atoms with Gasteiger partial charge in [-0.3, -0.25) is 0 Å². The lowest BCUT2D eigenvalue weighted by Crippen LogP contribution is -2.71. The van der Waals surface area contributed by atoms with E-state index in [-0.39, 0.29) is 0 Å². The molecule has 0 N–H and O–H groups in total. The summed E-state index contributed by atoms with van der Waals surface area (Å²) in [4.78, 5) is 0. The SMILES string of the molecule is CC(C)C1C(C)C2C3CC(C)C3C12. The van der Waals surface area contributed by atoms with Crippen LogP contribution in [-0.2, 0) is 0 Å². The van der Waals surface area contributed by atoms with Crippen LogP contribution in [0.1, 0.15) is 34.1 Å². The molecule has 0 saturated heterocycles. The minimum atomic E-state index is 0.935. The maximum atomic E-state index is 2.50. The van der Waals surface area contributed by atoms with E-state index in [4.69, 9.17) is 0 Å². The lowest BCUT2D eigenvalue weighted by atomic mass is 9.29. The molecule has 7 unspecified atom stereocenters. The number of hydrogen-bond donors (Lipinski definition) is 0. The molecule has 0 spiro atoms. The van der Waals surface area contributed by atoms with E-state index < -0.39 is 0 Å². The van der Waals surface area contributed by atoms with E-state index in [9.17, 15) is 0 Å². The second kappa shape index (κ2) is 2.32. The van der Waals surface area contributed by atoms with Gasteiger partial charge in [0, 0.05) is 0 Å². The summed E-state index contributed by atoms with van der Waals surface area (Å²) in [5.74, 6) is 8.79. The van der Waals surface area contributed by atoms with Crippen LogP contribution in [0.2, 0.25) is 0 Å². The zero-order valence-corrected chi connectivity index (χ0v) is 9.33. The van der Waals surface area contributed by atoms with Gasteiger partial charge in [0.1, 0.15) is 0 Å². The Morgan fingerprint density at radius 1 is 1.00 bits per heavy atom. The molecule has 0 bridgehead atoms. The van der Waals surface area contributed by atoms with Crippen LogP contribution < -0.4 is 0 Å². The van der Waals surface area contributed by atoms with Crippen molar-refractivity contribution in [2.45, 2.75) is 34.1 Å². The summed E-state index contributed by atoms with van der Waals surface area (Å²) in [7, 11) is 0. The van der Waals surface area contributed by atoms with Gasteiger partial charge in [-0.1, -0.05) is 27.7 Å².